The molecule has 0 radical (unpaired) electrons. The van der Waals surface area contributed by atoms with E-state index in [0.717, 1.165) is 6.07 Å². The number of nitrogen functional groups attached to an aromatic ring is 1. The van der Waals surface area contributed by atoms with Crippen molar-refractivity contribution in [1.82, 2.24) is 0 Å². The van der Waals surface area contributed by atoms with Crippen LogP contribution in [-0.2, 0) is 10.0 Å². The number of furan rings is 1. The first-order valence-corrected chi connectivity index (χ1v) is 7.49. The fourth-order valence-corrected chi connectivity index (χ4v) is 3.46. The zero-order valence-corrected chi connectivity index (χ0v) is 12.2. The Kier molecular flexibility index (Phi) is 3.73. The SMILES string of the molecule is Nc1ccccc1NS(=O)(=O)c1cc(C(=O)O)oc1Br. The number of carboxylic acid groups (broad SMARTS) is 1. The van der Waals surface area contributed by atoms with Crippen LogP contribution in [-0.4, -0.2) is 19.5 Å². The van der Waals surface area contributed by atoms with E-state index in [0.29, 0.717) is 0 Å². The molecule has 0 saturated heterocycles. The van der Waals surface area contributed by atoms with Crippen LogP contribution in [0.1, 0.15) is 10.6 Å². The van der Waals surface area contributed by atoms with Crippen molar-refractivity contribution < 1.29 is 22.7 Å². The van der Waals surface area contributed by atoms with Gasteiger partial charge in [-0.15, -0.1) is 0 Å². The van der Waals surface area contributed by atoms with Crippen molar-refractivity contribution in [2.24, 2.45) is 0 Å². The average molecular weight is 361 g/mol. The van der Waals surface area contributed by atoms with Gasteiger partial charge in [-0.05, 0) is 28.1 Å². The molecular weight excluding hydrogens is 352 g/mol. The van der Waals surface area contributed by atoms with E-state index in [-0.39, 0.29) is 20.9 Å². The lowest BCUT2D eigenvalue weighted by molar-refractivity contribution is 0.0661. The van der Waals surface area contributed by atoms with Crippen molar-refractivity contribution >= 4 is 43.3 Å². The number of aromatic carboxylic acids is 1. The lowest BCUT2D eigenvalue weighted by atomic mass is 10.3. The molecule has 1 aromatic heterocycles. The third-order valence-electron chi connectivity index (χ3n) is 2.36. The number of hydrogen-bond acceptors (Lipinski definition) is 5. The Bertz CT molecular complexity index is 769. The Hall–Kier alpha value is -2.00. The molecule has 0 amide bonds. The van der Waals surface area contributed by atoms with Crippen molar-refractivity contribution in [3.05, 3.63) is 40.8 Å². The maximum atomic E-state index is 12.2. The smallest absolute Gasteiger partial charge is 0.371 e. The van der Waals surface area contributed by atoms with E-state index in [2.05, 4.69) is 20.7 Å². The van der Waals surface area contributed by atoms with Gasteiger partial charge >= 0.3 is 5.97 Å². The van der Waals surface area contributed by atoms with E-state index in [1.54, 1.807) is 12.1 Å². The second-order valence-electron chi connectivity index (χ2n) is 3.75. The van der Waals surface area contributed by atoms with Gasteiger partial charge in [-0.2, -0.15) is 0 Å². The predicted molar refractivity (Wildman–Crippen MR) is 75.0 cm³/mol. The maximum absolute atomic E-state index is 12.2. The average Bonchev–Trinajstić information content (AvgIpc) is 2.75. The van der Waals surface area contributed by atoms with Crippen LogP contribution in [0.5, 0.6) is 0 Å². The van der Waals surface area contributed by atoms with E-state index >= 15 is 0 Å². The van der Waals surface area contributed by atoms with Crippen molar-refractivity contribution in [1.29, 1.82) is 0 Å². The number of nitrogens with two attached hydrogens (primary N) is 1. The van der Waals surface area contributed by atoms with Crippen molar-refractivity contribution in [3.63, 3.8) is 0 Å². The number of carboxylic acids is 1. The highest BCUT2D eigenvalue weighted by Crippen LogP contribution is 2.29. The predicted octanol–water partition coefficient (Wildman–Crippen LogP) is 2.12. The summed E-state index contributed by atoms with van der Waals surface area (Å²) < 4.78 is 31.2. The van der Waals surface area contributed by atoms with Gasteiger partial charge < -0.3 is 15.3 Å². The topological polar surface area (TPSA) is 123 Å². The van der Waals surface area contributed by atoms with Gasteiger partial charge in [-0.3, -0.25) is 4.72 Å². The van der Waals surface area contributed by atoms with E-state index in [1.807, 2.05) is 0 Å². The summed E-state index contributed by atoms with van der Waals surface area (Å²) in [4.78, 5) is 10.4. The molecule has 1 aromatic carbocycles. The maximum Gasteiger partial charge on any atom is 0.371 e. The van der Waals surface area contributed by atoms with E-state index < -0.39 is 21.8 Å². The molecule has 2 aromatic rings. The monoisotopic (exact) mass is 360 g/mol. The summed E-state index contributed by atoms with van der Waals surface area (Å²) in [5.41, 5.74) is 6.08. The molecule has 0 aliphatic heterocycles. The first-order chi connectivity index (χ1) is 9.31. The summed E-state index contributed by atoms with van der Waals surface area (Å²) in [5, 5.41) is 8.77. The van der Waals surface area contributed by atoms with Gasteiger partial charge in [0.25, 0.3) is 10.0 Å². The highest BCUT2D eigenvalue weighted by Gasteiger charge is 2.25. The number of sulfonamides is 1. The summed E-state index contributed by atoms with van der Waals surface area (Å²) in [6.45, 7) is 0. The molecule has 106 valence electrons. The molecule has 0 bridgehead atoms. The van der Waals surface area contributed by atoms with Crippen molar-refractivity contribution in [2.75, 3.05) is 10.5 Å². The number of hydrogen-bond donors (Lipinski definition) is 3. The Labute approximate surface area is 122 Å². The Morgan fingerprint density at radius 1 is 1.35 bits per heavy atom. The second kappa shape index (κ2) is 5.17. The summed E-state index contributed by atoms with van der Waals surface area (Å²) in [6, 6.07) is 7.20. The van der Waals surface area contributed by atoms with E-state index in [1.165, 1.54) is 12.1 Å². The molecule has 0 unspecified atom stereocenters. The quantitative estimate of drug-likeness (QED) is 0.717. The molecule has 2 rings (SSSR count). The minimum absolute atomic E-state index is 0.192. The molecule has 7 nitrogen and oxygen atoms in total. The summed E-state index contributed by atoms with van der Waals surface area (Å²) in [5.74, 6) is -1.86. The van der Waals surface area contributed by atoms with Gasteiger partial charge in [0.15, 0.2) is 4.67 Å². The fraction of sp³-hybridized carbons (Fsp3) is 0. The Morgan fingerprint density at radius 2 is 2.00 bits per heavy atom. The molecule has 0 aliphatic carbocycles. The fourth-order valence-electron chi connectivity index (χ4n) is 1.43. The normalized spacial score (nSPS) is 11.2. The number of nitrogens with one attached hydrogen (secondary N) is 1. The van der Waals surface area contributed by atoms with Gasteiger partial charge in [0.05, 0.1) is 11.4 Å². The third-order valence-corrected chi connectivity index (χ3v) is 4.58. The highest BCUT2D eigenvalue weighted by molar-refractivity contribution is 9.10. The lowest BCUT2D eigenvalue weighted by Crippen LogP contribution is -2.13. The van der Waals surface area contributed by atoms with Crippen LogP contribution in [0, 0.1) is 0 Å². The Balaban J connectivity index is 2.41. The first-order valence-electron chi connectivity index (χ1n) is 5.21. The summed E-state index contributed by atoms with van der Waals surface area (Å²) >= 11 is 2.87. The van der Waals surface area contributed by atoms with Gasteiger partial charge in [0, 0.05) is 6.07 Å². The van der Waals surface area contributed by atoms with Crippen LogP contribution >= 0.6 is 15.9 Å². The van der Waals surface area contributed by atoms with Crippen molar-refractivity contribution in [2.45, 2.75) is 4.90 Å². The zero-order chi connectivity index (χ0) is 14.9. The molecule has 20 heavy (non-hydrogen) atoms. The molecule has 1 heterocycles. The molecule has 0 aliphatic rings. The van der Waals surface area contributed by atoms with E-state index in [9.17, 15) is 13.2 Å². The van der Waals surface area contributed by atoms with Gasteiger partial charge in [-0.1, -0.05) is 12.1 Å². The van der Waals surface area contributed by atoms with Crippen molar-refractivity contribution in [3.8, 4) is 0 Å². The number of rotatable bonds is 4. The van der Waals surface area contributed by atoms with E-state index in [4.69, 9.17) is 15.3 Å². The molecule has 9 heteroatoms. The third kappa shape index (κ3) is 2.78. The minimum atomic E-state index is -4.01. The van der Waals surface area contributed by atoms with Gasteiger partial charge in [0.1, 0.15) is 4.90 Å². The number of halogens is 1. The molecule has 0 spiro atoms. The zero-order valence-electron chi connectivity index (χ0n) is 9.83. The molecule has 4 N–H and O–H groups in total. The van der Waals surface area contributed by atoms with Crippen LogP contribution in [0.2, 0.25) is 0 Å². The van der Waals surface area contributed by atoms with Crippen LogP contribution < -0.4 is 10.5 Å². The second-order valence-corrected chi connectivity index (χ2v) is 6.12. The highest BCUT2D eigenvalue weighted by atomic mass is 79.9. The van der Waals surface area contributed by atoms with Crippen LogP contribution in [0.15, 0.2) is 44.3 Å². The Morgan fingerprint density at radius 3 is 2.55 bits per heavy atom. The lowest BCUT2D eigenvalue weighted by Gasteiger charge is -2.08. The number of carbonyl (C=O) groups is 1. The first kappa shape index (κ1) is 14.4. The van der Waals surface area contributed by atoms with Crippen LogP contribution in [0.4, 0.5) is 11.4 Å². The molecule has 0 fully saturated rings. The molecule has 0 atom stereocenters. The largest absolute Gasteiger partial charge is 0.475 e. The van der Waals surface area contributed by atoms with Gasteiger partial charge in [-0.25, -0.2) is 13.2 Å². The minimum Gasteiger partial charge on any atom is -0.475 e. The van der Waals surface area contributed by atoms with Gasteiger partial charge in [0.2, 0.25) is 5.76 Å². The van der Waals surface area contributed by atoms with Crippen LogP contribution in [0.25, 0.3) is 0 Å². The standard InChI is InChI=1S/C11H9BrN2O5S/c12-10-9(5-8(19-10)11(15)16)20(17,18)14-7-4-2-1-3-6(7)13/h1-5,14H,13H2,(H,15,16). The summed E-state index contributed by atoms with van der Waals surface area (Å²) in [7, 11) is -4.01. The summed E-state index contributed by atoms with van der Waals surface area (Å²) in [6.07, 6.45) is 0. The van der Waals surface area contributed by atoms with Crippen LogP contribution in [0.3, 0.4) is 0 Å². The molecule has 0 saturated carbocycles. The number of anilines is 2. The number of benzene rings is 1. The number of para-hydroxylation sites is 2. The molecular formula is C11H9BrN2O5S.